The first-order chi connectivity index (χ1) is 9.85. The average molecular weight is 372 g/mol. The molecule has 0 spiro atoms. The predicted molar refractivity (Wildman–Crippen MR) is 87.9 cm³/mol. The maximum absolute atomic E-state index is 12.5. The van der Waals surface area contributed by atoms with E-state index in [0.717, 1.165) is 15.7 Å². The lowest BCUT2D eigenvalue weighted by Crippen LogP contribution is -2.13. The van der Waals surface area contributed by atoms with E-state index in [9.17, 15) is 8.42 Å². The molecule has 1 heterocycles. The maximum Gasteiger partial charge on any atom is 0.263 e. The Bertz CT molecular complexity index is 754. The Labute approximate surface area is 133 Å². The van der Waals surface area contributed by atoms with Gasteiger partial charge in [0.2, 0.25) is 0 Å². The van der Waals surface area contributed by atoms with Crippen LogP contribution in [0.3, 0.4) is 0 Å². The number of aryl methyl sites for hydroxylation is 2. The van der Waals surface area contributed by atoms with E-state index in [0.29, 0.717) is 12.2 Å². The van der Waals surface area contributed by atoms with Gasteiger partial charge >= 0.3 is 0 Å². The van der Waals surface area contributed by atoms with Crippen LogP contribution in [0, 0.1) is 6.92 Å². The van der Waals surface area contributed by atoms with Crippen LogP contribution in [0.25, 0.3) is 0 Å². The van der Waals surface area contributed by atoms with Crippen LogP contribution in [-0.2, 0) is 23.6 Å². The Kier molecular flexibility index (Phi) is 4.75. The van der Waals surface area contributed by atoms with E-state index in [-0.39, 0.29) is 4.90 Å². The Balaban J connectivity index is 2.34. The van der Waals surface area contributed by atoms with E-state index >= 15 is 0 Å². The molecule has 0 fully saturated rings. The lowest BCUT2D eigenvalue weighted by atomic mass is 10.2. The summed E-state index contributed by atoms with van der Waals surface area (Å²) in [5.41, 5.74) is 2.41. The molecule has 114 valence electrons. The molecule has 0 aliphatic heterocycles. The van der Waals surface area contributed by atoms with Gasteiger partial charge in [0.05, 0.1) is 5.69 Å². The van der Waals surface area contributed by atoms with Gasteiger partial charge in [-0.2, -0.15) is 0 Å². The van der Waals surface area contributed by atoms with Crippen molar-refractivity contribution in [2.45, 2.75) is 18.4 Å². The molecule has 21 heavy (non-hydrogen) atoms. The average Bonchev–Trinajstić information content (AvgIpc) is 2.78. The first-order valence-electron chi connectivity index (χ1n) is 6.43. The highest BCUT2D eigenvalue weighted by Gasteiger charge is 2.19. The molecular formula is C14H18BrN3O2S. The maximum atomic E-state index is 12.5. The standard InChI is InChI=1S/C14H18BrN3O2S/c1-10-5-4-6-13(14(10)15)17-21(19,20)12-7-11(8-16-2)18(3)9-12/h4-7,9,16-17H,8H2,1-3H3. The number of anilines is 1. The number of hydrogen-bond acceptors (Lipinski definition) is 3. The summed E-state index contributed by atoms with van der Waals surface area (Å²) in [7, 11) is 0.0492. The molecule has 0 aliphatic rings. The molecule has 0 aliphatic carbocycles. The van der Waals surface area contributed by atoms with Gasteiger partial charge < -0.3 is 9.88 Å². The van der Waals surface area contributed by atoms with Gasteiger partial charge in [0.1, 0.15) is 4.90 Å². The molecule has 2 rings (SSSR count). The van der Waals surface area contributed by atoms with E-state index in [1.54, 1.807) is 22.9 Å². The number of hydrogen-bond donors (Lipinski definition) is 2. The second-order valence-electron chi connectivity index (χ2n) is 4.85. The zero-order valence-electron chi connectivity index (χ0n) is 12.1. The van der Waals surface area contributed by atoms with Crippen molar-refractivity contribution in [3.05, 3.63) is 46.2 Å². The molecule has 7 heteroatoms. The van der Waals surface area contributed by atoms with Crippen LogP contribution in [-0.4, -0.2) is 20.0 Å². The largest absolute Gasteiger partial charge is 0.352 e. The number of nitrogens with one attached hydrogen (secondary N) is 2. The third kappa shape index (κ3) is 3.48. The van der Waals surface area contributed by atoms with Gasteiger partial charge in [-0.25, -0.2) is 8.42 Å². The summed E-state index contributed by atoms with van der Waals surface area (Å²) >= 11 is 3.41. The number of rotatable bonds is 5. The van der Waals surface area contributed by atoms with Crippen molar-refractivity contribution in [3.63, 3.8) is 0 Å². The minimum Gasteiger partial charge on any atom is -0.352 e. The van der Waals surface area contributed by atoms with Crippen LogP contribution in [0.2, 0.25) is 0 Å². The van der Waals surface area contributed by atoms with E-state index in [4.69, 9.17) is 0 Å². The number of nitrogens with zero attached hydrogens (tertiary/aromatic N) is 1. The lowest BCUT2D eigenvalue weighted by molar-refractivity contribution is 0.601. The first kappa shape index (κ1) is 16.1. The molecule has 0 radical (unpaired) electrons. The SMILES string of the molecule is CNCc1cc(S(=O)(=O)Nc2cccc(C)c2Br)cn1C. The highest BCUT2D eigenvalue weighted by Crippen LogP contribution is 2.28. The molecule has 2 N–H and O–H groups in total. The van der Waals surface area contributed by atoms with Gasteiger partial charge in [-0.05, 0) is 47.6 Å². The van der Waals surface area contributed by atoms with Crippen molar-refractivity contribution < 1.29 is 8.42 Å². The number of benzene rings is 1. The monoisotopic (exact) mass is 371 g/mol. The fourth-order valence-electron chi connectivity index (χ4n) is 2.01. The summed E-state index contributed by atoms with van der Waals surface area (Å²) in [5, 5.41) is 3.01. The van der Waals surface area contributed by atoms with Crippen molar-refractivity contribution in [2.75, 3.05) is 11.8 Å². The number of aromatic nitrogens is 1. The van der Waals surface area contributed by atoms with Crippen molar-refractivity contribution in [1.29, 1.82) is 0 Å². The van der Waals surface area contributed by atoms with Crippen LogP contribution in [0.15, 0.2) is 39.8 Å². The van der Waals surface area contributed by atoms with Gasteiger partial charge in [-0.3, -0.25) is 4.72 Å². The molecule has 1 aromatic carbocycles. The van der Waals surface area contributed by atoms with Gasteiger partial charge in [-0.1, -0.05) is 12.1 Å². The Morgan fingerprint density at radius 1 is 1.33 bits per heavy atom. The third-order valence-electron chi connectivity index (χ3n) is 3.19. The fourth-order valence-corrected chi connectivity index (χ4v) is 3.67. The quantitative estimate of drug-likeness (QED) is 0.848. The minimum absolute atomic E-state index is 0.253. The summed E-state index contributed by atoms with van der Waals surface area (Å²) in [5.74, 6) is 0. The van der Waals surface area contributed by atoms with Crippen molar-refractivity contribution >= 4 is 31.6 Å². The zero-order valence-corrected chi connectivity index (χ0v) is 14.5. The lowest BCUT2D eigenvalue weighted by Gasteiger charge is -2.10. The van der Waals surface area contributed by atoms with Crippen LogP contribution in [0.1, 0.15) is 11.3 Å². The Hall–Kier alpha value is -1.31. The molecule has 0 unspecified atom stereocenters. The summed E-state index contributed by atoms with van der Waals surface area (Å²) in [4.78, 5) is 0.253. The van der Waals surface area contributed by atoms with Crippen LogP contribution in [0.4, 0.5) is 5.69 Å². The fraction of sp³-hybridized carbons (Fsp3) is 0.286. The normalized spacial score (nSPS) is 11.6. The van der Waals surface area contributed by atoms with Crippen LogP contribution < -0.4 is 10.0 Å². The van der Waals surface area contributed by atoms with Crippen molar-refractivity contribution in [3.8, 4) is 0 Å². The van der Waals surface area contributed by atoms with Gasteiger partial charge in [-0.15, -0.1) is 0 Å². The van der Waals surface area contributed by atoms with E-state index in [2.05, 4.69) is 26.0 Å². The van der Waals surface area contributed by atoms with Gasteiger partial charge in [0.25, 0.3) is 10.0 Å². The first-order valence-corrected chi connectivity index (χ1v) is 8.70. The van der Waals surface area contributed by atoms with E-state index in [1.807, 2.05) is 33.2 Å². The molecule has 0 saturated heterocycles. The Morgan fingerprint density at radius 2 is 2.05 bits per heavy atom. The van der Waals surface area contributed by atoms with Crippen molar-refractivity contribution in [2.24, 2.45) is 7.05 Å². The van der Waals surface area contributed by atoms with Crippen molar-refractivity contribution in [1.82, 2.24) is 9.88 Å². The third-order valence-corrected chi connectivity index (χ3v) is 5.57. The predicted octanol–water partition coefficient (Wildman–Crippen LogP) is 2.62. The highest BCUT2D eigenvalue weighted by atomic mass is 79.9. The molecule has 1 aromatic heterocycles. The molecule has 0 atom stereocenters. The minimum atomic E-state index is -3.60. The molecule has 5 nitrogen and oxygen atoms in total. The van der Waals surface area contributed by atoms with Crippen LogP contribution >= 0.6 is 15.9 Å². The zero-order chi connectivity index (χ0) is 15.6. The smallest absolute Gasteiger partial charge is 0.263 e. The summed E-state index contributed by atoms with van der Waals surface area (Å²) < 4.78 is 30.1. The van der Waals surface area contributed by atoms with Gasteiger partial charge in [0.15, 0.2) is 0 Å². The van der Waals surface area contributed by atoms with Crippen LogP contribution in [0.5, 0.6) is 0 Å². The highest BCUT2D eigenvalue weighted by molar-refractivity contribution is 9.10. The summed E-state index contributed by atoms with van der Waals surface area (Å²) in [6, 6.07) is 7.12. The second-order valence-corrected chi connectivity index (χ2v) is 7.33. The van der Waals surface area contributed by atoms with E-state index < -0.39 is 10.0 Å². The van der Waals surface area contributed by atoms with E-state index in [1.165, 1.54) is 0 Å². The summed E-state index contributed by atoms with van der Waals surface area (Å²) in [6.07, 6.45) is 1.61. The Morgan fingerprint density at radius 3 is 2.71 bits per heavy atom. The molecular weight excluding hydrogens is 354 g/mol. The second kappa shape index (κ2) is 6.21. The molecule has 0 bridgehead atoms. The summed E-state index contributed by atoms with van der Waals surface area (Å²) in [6.45, 7) is 2.52. The topological polar surface area (TPSA) is 63.1 Å². The molecule has 0 saturated carbocycles. The van der Waals surface area contributed by atoms with Gasteiger partial charge in [0, 0.05) is 30.0 Å². The molecule has 2 aromatic rings. The number of halogens is 1. The molecule has 0 amide bonds. The number of sulfonamides is 1.